The molecule has 0 spiro atoms. The van der Waals surface area contributed by atoms with E-state index in [0.717, 1.165) is 71.7 Å². The van der Waals surface area contributed by atoms with Gasteiger partial charge in [0.05, 0.1) is 33.0 Å². The summed E-state index contributed by atoms with van der Waals surface area (Å²) in [6, 6.07) is 9.01. The first-order chi connectivity index (χ1) is 13.8. The van der Waals surface area contributed by atoms with Crippen LogP contribution < -0.4 is 15.5 Å². The summed E-state index contributed by atoms with van der Waals surface area (Å²) >= 11 is 0. The summed E-state index contributed by atoms with van der Waals surface area (Å²) in [6.45, 7) is 13.9. The number of para-hydroxylation sites is 1. The molecule has 1 aromatic rings. The molecule has 7 nitrogen and oxygen atoms in total. The van der Waals surface area contributed by atoms with Crippen LogP contribution in [0.25, 0.3) is 0 Å². The number of nitrogens with one attached hydrogen (secondary N) is 2. The molecule has 164 valence electrons. The Hall–Kier alpha value is -1.10. The number of benzene rings is 1. The Bertz CT molecular complexity index is 619. The zero-order chi connectivity index (χ0) is 19.6. The smallest absolute Gasteiger partial charge is 0.191 e. The Labute approximate surface area is 192 Å². The maximum atomic E-state index is 5.49. The monoisotopic (exact) mass is 517 g/mol. The summed E-state index contributed by atoms with van der Waals surface area (Å²) in [5.41, 5.74) is 2.52. The van der Waals surface area contributed by atoms with Crippen LogP contribution in [0.5, 0.6) is 0 Å². The number of nitrogens with zero attached hydrogens (tertiary/aromatic N) is 3. The molecule has 1 atom stereocenters. The van der Waals surface area contributed by atoms with E-state index < -0.39 is 0 Å². The second-order valence-corrected chi connectivity index (χ2v) is 7.30. The van der Waals surface area contributed by atoms with Gasteiger partial charge < -0.3 is 25.0 Å². The van der Waals surface area contributed by atoms with E-state index in [1.54, 1.807) is 0 Å². The molecule has 2 aliphatic heterocycles. The van der Waals surface area contributed by atoms with Crippen molar-refractivity contribution in [3.8, 4) is 0 Å². The molecule has 2 saturated heterocycles. The fourth-order valence-electron chi connectivity index (χ4n) is 3.65. The van der Waals surface area contributed by atoms with E-state index in [0.29, 0.717) is 12.6 Å². The number of ether oxygens (including phenoxy) is 2. The predicted molar refractivity (Wildman–Crippen MR) is 130 cm³/mol. The van der Waals surface area contributed by atoms with Gasteiger partial charge in [-0.2, -0.15) is 0 Å². The topological polar surface area (TPSA) is 61.4 Å². The van der Waals surface area contributed by atoms with Gasteiger partial charge in [0.1, 0.15) is 0 Å². The van der Waals surface area contributed by atoms with Gasteiger partial charge in [-0.1, -0.05) is 18.2 Å². The third-order valence-corrected chi connectivity index (χ3v) is 5.33. The minimum atomic E-state index is 0. The average Bonchev–Trinajstić information content (AvgIpc) is 2.77. The first-order valence-electron chi connectivity index (χ1n) is 10.5. The molecule has 1 aromatic carbocycles. The van der Waals surface area contributed by atoms with Crippen LogP contribution in [-0.2, 0) is 16.0 Å². The van der Waals surface area contributed by atoms with Crippen molar-refractivity contribution in [3.63, 3.8) is 0 Å². The lowest BCUT2D eigenvalue weighted by molar-refractivity contribution is 0.0211. The van der Waals surface area contributed by atoms with Crippen LogP contribution in [-0.4, -0.2) is 82.6 Å². The summed E-state index contributed by atoms with van der Waals surface area (Å²) in [5.74, 6) is 0.874. The van der Waals surface area contributed by atoms with E-state index in [-0.39, 0.29) is 24.0 Å². The van der Waals surface area contributed by atoms with Gasteiger partial charge in [0.15, 0.2) is 5.96 Å². The van der Waals surface area contributed by atoms with Gasteiger partial charge in [-0.3, -0.25) is 4.90 Å². The zero-order valence-electron chi connectivity index (χ0n) is 17.7. The van der Waals surface area contributed by atoms with E-state index in [9.17, 15) is 0 Å². The highest BCUT2D eigenvalue weighted by Crippen LogP contribution is 2.22. The third-order valence-electron chi connectivity index (χ3n) is 5.33. The Morgan fingerprint density at radius 1 is 1.03 bits per heavy atom. The molecule has 0 amide bonds. The Morgan fingerprint density at radius 2 is 1.69 bits per heavy atom. The molecule has 1 unspecified atom stereocenters. The summed E-state index contributed by atoms with van der Waals surface area (Å²) in [4.78, 5) is 9.71. The van der Waals surface area contributed by atoms with Gasteiger partial charge in [0.2, 0.25) is 0 Å². The predicted octanol–water partition coefficient (Wildman–Crippen LogP) is 1.92. The minimum Gasteiger partial charge on any atom is -0.379 e. The highest BCUT2D eigenvalue weighted by Gasteiger charge is 2.17. The van der Waals surface area contributed by atoms with Crippen LogP contribution in [0.2, 0.25) is 0 Å². The van der Waals surface area contributed by atoms with Gasteiger partial charge in [-0.25, -0.2) is 4.99 Å². The molecule has 2 fully saturated rings. The fraction of sp³-hybridized carbons (Fsp3) is 0.667. The van der Waals surface area contributed by atoms with Gasteiger partial charge in [0.25, 0.3) is 0 Å². The third kappa shape index (κ3) is 7.58. The van der Waals surface area contributed by atoms with Crippen molar-refractivity contribution in [1.29, 1.82) is 0 Å². The second kappa shape index (κ2) is 13.3. The van der Waals surface area contributed by atoms with Gasteiger partial charge in [0, 0.05) is 51.0 Å². The number of morpholine rings is 2. The lowest BCUT2D eigenvalue weighted by Crippen LogP contribution is -2.49. The zero-order valence-corrected chi connectivity index (χ0v) is 20.1. The summed E-state index contributed by atoms with van der Waals surface area (Å²) < 4.78 is 10.9. The lowest BCUT2D eigenvalue weighted by atomic mass is 10.1. The van der Waals surface area contributed by atoms with Crippen LogP contribution in [0.1, 0.15) is 19.4 Å². The van der Waals surface area contributed by atoms with Crippen molar-refractivity contribution in [3.05, 3.63) is 29.8 Å². The molecule has 0 bridgehead atoms. The second-order valence-electron chi connectivity index (χ2n) is 7.30. The average molecular weight is 517 g/mol. The van der Waals surface area contributed by atoms with E-state index in [1.807, 2.05) is 0 Å². The molecule has 0 radical (unpaired) electrons. The lowest BCUT2D eigenvalue weighted by Gasteiger charge is -2.32. The molecule has 3 rings (SSSR count). The van der Waals surface area contributed by atoms with Crippen molar-refractivity contribution in [2.75, 3.05) is 70.6 Å². The van der Waals surface area contributed by atoms with Gasteiger partial charge >= 0.3 is 0 Å². The standard InChI is InChI=1S/C21H35N5O2.HI/c1-3-22-21(23-16-18(2)25-8-12-27-13-9-25)24-17-19-6-4-5-7-20(19)26-10-14-28-15-11-26;/h4-7,18H,3,8-17H2,1-2H3,(H2,22,23,24);1H. The molecule has 0 aliphatic carbocycles. The van der Waals surface area contributed by atoms with Crippen molar-refractivity contribution in [2.24, 2.45) is 4.99 Å². The van der Waals surface area contributed by atoms with Crippen molar-refractivity contribution < 1.29 is 9.47 Å². The van der Waals surface area contributed by atoms with Crippen LogP contribution in [0.15, 0.2) is 29.3 Å². The number of hydrogen-bond acceptors (Lipinski definition) is 5. The highest BCUT2D eigenvalue weighted by molar-refractivity contribution is 14.0. The molecule has 2 aliphatic rings. The molecule has 0 aromatic heterocycles. The van der Waals surface area contributed by atoms with Crippen LogP contribution in [0.3, 0.4) is 0 Å². The quantitative estimate of drug-likeness (QED) is 0.328. The van der Waals surface area contributed by atoms with E-state index in [2.05, 4.69) is 58.5 Å². The molecular weight excluding hydrogens is 481 g/mol. The van der Waals surface area contributed by atoms with Crippen LogP contribution in [0.4, 0.5) is 5.69 Å². The molecular formula is C21H36IN5O2. The number of halogens is 1. The van der Waals surface area contributed by atoms with E-state index in [1.165, 1.54) is 11.3 Å². The fourth-order valence-corrected chi connectivity index (χ4v) is 3.65. The molecule has 2 N–H and O–H groups in total. The summed E-state index contributed by atoms with van der Waals surface area (Å²) in [5, 5.41) is 6.88. The maximum absolute atomic E-state index is 5.49. The van der Waals surface area contributed by atoms with Crippen molar-refractivity contribution >= 4 is 35.6 Å². The number of hydrogen-bond donors (Lipinski definition) is 2. The van der Waals surface area contributed by atoms with E-state index in [4.69, 9.17) is 14.5 Å². The largest absolute Gasteiger partial charge is 0.379 e. The molecule has 0 saturated carbocycles. The van der Waals surface area contributed by atoms with E-state index >= 15 is 0 Å². The Balaban J connectivity index is 0.00000300. The Morgan fingerprint density at radius 3 is 2.38 bits per heavy atom. The van der Waals surface area contributed by atoms with Crippen LogP contribution >= 0.6 is 24.0 Å². The number of guanidine groups is 1. The van der Waals surface area contributed by atoms with Gasteiger partial charge in [-0.15, -0.1) is 24.0 Å². The van der Waals surface area contributed by atoms with Gasteiger partial charge in [-0.05, 0) is 25.5 Å². The van der Waals surface area contributed by atoms with Crippen molar-refractivity contribution in [1.82, 2.24) is 15.5 Å². The molecule has 2 heterocycles. The highest BCUT2D eigenvalue weighted by atomic mass is 127. The number of anilines is 1. The Kier molecular flexibility index (Phi) is 11.0. The molecule has 29 heavy (non-hydrogen) atoms. The maximum Gasteiger partial charge on any atom is 0.191 e. The number of aliphatic imine (C=N–C) groups is 1. The first-order valence-corrected chi connectivity index (χ1v) is 10.5. The first kappa shape index (κ1) is 24.2. The normalized spacial score (nSPS) is 19.4. The SMILES string of the molecule is CCNC(=NCc1ccccc1N1CCOCC1)NCC(C)N1CCOCC1.I. The number of rotatable bonds is 7. The minimum absolute atomic E-state index is 0. The van der Waals surface area contributed by atoms with Crippen LogP contribution in [0, 0.1) is 0 Å². The van der Waals surface area contributed by atoms with Crippen molar-refractivity contribution in [2.45, 2.75) is 26.4 Å². The summed E-state index contributed by atoms with van der Waals surface area (Å²) in [7, 11) is 0. The molecule has 8 heteroatoms. The summed E-state index contributed by atoms with van der Waals surface area (Å²) in [6.07, 6.45) is 0.